The largest absolute Gasteiger partial charge is 0.493 e. The Bertz CT molecular complexity index is 1370. The number of rotatable bonds is 6. The van der Waals surface area contributed by atoms with Gasteiger partial charge in [-0.1, -0.05) is 30.3 Å². The van der Waals surface area contributed by atoms with Crippen molar-refractivity contribution in [3.05, 3.63) is 97.8 Å². The predicted molar refractivity (Wildman–Crippen MR) is 134 cm³/mol. The smallest absolute Gasteiger partial charge is 0.256 e. The van der Waals surface area contributed by atoms with E-state index in [9.17, 15) is 19.3 Å². The molecular weight excluding hydrogens is 533 g/mol. The average molecular weight is 556 g/mol. The fourth-order valence-corrected chi connectivity index (χ4v) is 6.03. The van der Waals surface area contributed by atoms with Crippen LogP contribution in [0.3, 0.4) is 0 Å². The number of nitrogens with one attached hydrogen (secondary N) is 1. The molecule has 3 aromatic rings. The zero-order chi connectivity index (χ0) is 25.6. The zero-order valence-electron chi connectivity index (χ0n) is 19.5. The number of hydrogen-bond donors (Lipinski definition) is 1. The number of carbonyl (C=O) groups is 1. The van der Waals surface area contributed by atoms with Crippen molar-refractivity contribution in [2.45, 2.75) is 24.1 Å². The van der Waals surface area contributed by atoms with E-state index in [-0.39, 0.29) is 23.9 Å². The quantitative estimate of drug-likeness (QED) is 0.350. The molecule has 1 spiro atoms. The van der Waals surface area contributed by atoms with E-state index >= 15 is 0 Å². The van der Waals surface area contributed by atoms with Crippen LogP contribution in [0.5, 0.6) is 11.5 Å². The molecule has 0 unspecified atom stereocenters. The van der Waals surface area contributed by atoms with Gasteiger partial charge in [-0.05, 0) is 64.4 Å². The first kappa shape index (κ1) is 24.2. The van der Waals surface area contributed by atoms with Gasteiger partial charge in [0.15, 0.2) is 17.0 Å². The van der Waals surface area contributed by atoms with Crippen molar-refractivity contribution in [1.82, 2.24) is 4.90 Å². The average Bonchev–Trinajstić information content (AvgIpc) is 3.32. The molecule has 10 heteroatoms. The number of nitrogens with zero attached hydrogens (tertiary/aromatic N) is 2. The number of likely N-dealkylation sites (N-methyl/N-ethyl adjacent to an activating group) is 1. The number of anilines is 1. The van der Waals surface area contributed by atoms with Crippen LogP contribution in [0, 0.1) is 15.9 Å². The van der Waals surface area contributed by atoms with Gasteiger partial charge in [0.2, 0.25) is 0 Å². The summed E-state index contributed by atoms with van der Waals surface area (Å²) in [5.41, 5.74) is 1.03. The Morgan fingerprint density at radius 1 is 1.22 bits per heavy atom. The van der Waals surface area contributed by atoms with Crippen LogP contribution in [0.15, 0.2) is 65.1 Å². The van der Waals surface area contributed by atoms with Crippen LogP contribution in [0.25, 0.3) is 0 Å². The second kappa shape index (κ2) is 9.18. The van der Waals surface area contributed by atoms with Gasteiger partial charge < -0.3 is 14.8 Å². The minimum Gasteiger partial charge on any atom is -0.493 e. The summed E-state index contributed by atoms with van der Waals surface area (Å²) in [6.45, 7) is 0.391. The molecule has 36 heavy (non-hydrogen) atoms. The summed E-state index contributed by atoms with van der Waals surface area (Å²) in [6, 6.07) is 15.4. The van der Waals surface area contributed by atoms with Crippen molar-refractivity contribution in [2.75, 3.05) is 26.0 Å². The Kier molecular flexibility index (Phi) is 6.17. The van der Waals surface area contributed by atoms with E-state index in [2.05, 4.69) is 21.2 Å². The number of benzene rings is 3. The Hall–Kier alpha value is -3.50. The molecule has 1 saturated heterocycles. The molecule has 5 rings (SSSR count). The van der Waals surface area contributed by atoms with Gasteiger partial charge >= 0.3 is 0 Å². The van der Waals surface area contributed by atoms with Crippen molar-refractivity contribution in [2.24, 2.45) is 0 Å². The van der Waals surface area contributed by atoms with Crippen LogP contribution in [-0.2, 0) is 16.9 Å². The molecule has 3 atom stereocenters. The van der Waals surface area contributed by atoms with Crippen molar-refractivity contribution in [3.8, 4) is 11.5 Å². The van der Waals surface area contributed by atoms with E-state index in [1.54, 1.807) is 60.5 Å². The summed E-state index contributed by atoms with van der Waals surface area (Å²) in [7, 11) is 3.22. The predicted octanol–water partition coefficient (Wildman–Crippen LogP) is 4.70. The molecule has 0 aromatic heterocycles. The van der Waals surface area contributed by atoms with E-state index in [4.69, 9.17) is 9.47 Å². The van der Waals surface area contributed by atoms with Gasteiger partial charge in [-0.3, -0.25) is 19.8 Å². The van der Waals surface area contributed by atoms with E-state index in [1.807, 2.05) is 0 Å². The molecule has 8 nitrogen and oxygen atoms in total. The highest BCUT2D eigenvalue weighted by atomic mass is 79.9. The first-order valence-electron chi connectivity index (χ1n) is 11.3. The van der Waals surface area contributed by atoms with Crippen LogP contribution < -0.4 is 14.8 Å². The highest BCUT2D eigenvalue weighted by Crippen LogP contribution is 2.53. The Labute approximate surface area is 215 Å². The molecule has 1 N–H and O–H groups in total. The second-order valence-electron chi connectivity index (χ2n) is 8.94. The third-order valence-corrected chi connectivity index (χ3v) is 7.58. The number of amides is 1. The minimum absolute atomic E-state index is 0.107. The number of hydrogen-bond acceptors (Lipinski definition) is 6. The SMILES string of the molecule is COc1cc([C@@H]2CN(C)[C@]3(C(=O)Nc4ccccc43)[C@H]2[N+](=O)[O-])cc(Br)c1OCc1cccc(F)c1. The van der Waals surface area contributed by atoms with Gasteiger partial charge in [0, 0.05) is 22.7 Å². The monoisotopic (exact) mass is 555 g/mol. The third-order valence-electron chi connectivity index (χ3n) is 6.99. The molecule has 2 aliphatic rings. The van der Waals surface area contributed by atoms with Gasteiger partial charge in [0.25, 0.3) is 11.9 Å². The zero-order valence-corrected chi connectivity index (χ0v) is 21.1. The normalized spacial score (nSPS) is 22.9. The Morgan fingerprint density at radius 3 is 2.72 bits per heavy atom. The van der Waals surface area contributed by atoms with Crippen LogP contribution in [0.2, 0.25) is 0 Å². The van der Waals surface area contributed by atoms with E-state index in [0.29, 0.717) is 38.3 Å². The Morgan fingerprint density at radius 2 is 2.00 bits per heavy atom. The van der Waals surface area contributed by atoms with E-state index < -0.39 is 23.4 Å². The third kappa shape index (κ3) is 3.72. The van der Waals surface area contributed by atoms with Crippen LogP contribution >= 0.6 is 15.9 Å². The van der Waals surface area contributed by atoms with Crippen molar-refractivity contribution >= 4 is 27.5 Å². The highest BCUT2D eigenvalue weighted by molar-refractivity contribution is 9.10. The van der Waals surface area contributed by atoms with Crippen LogP contribution in [0.1, 0.15) is 22.6 Å². The van der Waals surface area contributed by atoms with Gasteiger partial charge in [-0.15, -0.1) is 0 Å². The highest BCUT2D eigenvalue weighted by Gasteiger charge is 2.68. The standard InChI is InChI=1S/C26H23BrFN3O5/c1-30-13-18(24(31(33)34)26(30)19-8-3-4-9-21(19)29-25(26)32)16-11-20(27)23(22(12-16)35-2)36-14-15-6-5-7-17(28)10-15/h3-12,18,24H,13-14H2,1-2H3,(H,29,32)/t18-,24-,26-/m0/s1. The van der Waals surface area contributed by atoms with Gasteiger partial charge in [-0.25, -0.2) is 4.39 Å². The molecule has 186 valence electrons. The molecule has 2 heterocycles. The fourth-order valence-electron chi connectivity index (χ4n) is 5.46. The van der Waals surface area contributed by atoms with E-state index in [0.717, 1.165) is 0 Å². The van der Waals surface area contributed by atoms with Crippen LogP contribution in [0.4, 0.5) is 10.1 Å². The van der Waals surface area contributed by atoms with Gasteiger partial charge in [0.1, 0.15) is 12.4 Å². The minimum atomic E-state index is -1.43. The fraction of sp³-hybridized carbons (Fsp3) is 0.269. The molecular formula is C26H23BrFN3O5. The number of para-hydroxylation sites is 1. The first-order chi connectivity index (χ1) is 17.3. The molecule has 2 aliphatic heterocycles. The molecule has 0 radical (unpaired) electrons. The lowest BCUT2D eigenvalue weighted by Gasteiger charge is -2.30. The lowest BCUT2D eigenvalue weighted by atomic mass is 9.79. The maximum atomic E-state index is 13.5. The molecule has 0 aliphatic carbocycles. The maximum absolute atomic E-state index is 13.5. The summed E-state index contributed by atoms with van der Waals surface area (Å²) in [5.74, 6) is -0.605. The lowest BCUT2D eigenvalue weighted by Crippen LogP contribution is -2.54. The number of halogens is 2. The van der Waals surface area contributed by atoms with Crippen molar-refractivity contribution in [3.63, 3.8) is 0 Å². The Balaban J connectivity index is 1.53. The lowest BCUT2D eigenvalue weighted by molar-refractivity contribution is -0.534. The molecule has 1 amide bonds. The summed E-state index contributed by atoms with van der Waals surface area (Å²) in [6.07, 6.45) is 0. The second-order valence-corrected chi connectivity index (χ2v) is 9.79. The number of fused-ring (bicyclic) bond motifs is 2. The molecule has 0 saturated carbocycles. The summed E-state index contributed by atoms with van der Waals surface area (Å²) < 4.78 is 25.6. The van der Waals surface area contributed by atoms with Gasteiger partial charge in [-0.2, -0.15) is 0 Å². The van der Waals surface area contributed by atoms with Crippen molar-refractivity contribution < 1.29 is 23.6 Å². The number of methoxy groups -OCH3 is 1. The number of ether oxygens (including phenoxy) is 2. The maximum Gasteiger partial charge on any atom is 0.256 e. The molecule has 3 aromatic carbocycles. The summed E-state index contributed by atoms with van der Waals surface area (Å²) in [5, 5.41) is 15.4. The summed E-state index contributed by atoms with van der Waals surface area (Å²) >= 11 is 3.52. The number of nitro groups is 1. The van der Waals surface area contributed by atoms with E-state index in [1.165, 1.54) is 19.2 Å². The summed E-state index contributed by atoms with van der Waals surface area (Å²) in [4.78, 5) is 27.3. The first-order valence-corrected chi connectivity index (χ1v) is 12.1. The van der Waals surface area contributed by atoms with Crippen LogP contribution in [-0.4, -0.2) is 42.5 Å². The topological polar surface area (TPSA) is 93.9 Å². The number of likely N-dealkylation sites (tertiary alicyclic amines) is 1. The van der Waals surface area contributed by atoms with Gasteiger partial charge in [0.05, 0.1) is 17.5 Å². The van der Waals surface area contributed by atoms with Crippen molar-refractivity contribution in [1.29, 1.82) is 0 Å². The molecule has 1 fully saturated rings. The molecule has 0 bridgehead atoms. The number of carbonyl (C=O) groups excluding carboxylic acids is 1.